The third-order valence-corrected chi connectivity index (χ3v) is 4.46. The normalized spacial score (nSPS) is 11.7. The molecule has 0 saturated carbocycles. The number of H-pyrrole nitrogens is 1. The SMILES string of the molecule is CC(C)(Nc1ncc(-c2cnc3cc[nH]c3c2)cn1)c1ncccc1Cl. The number of rotatable bonds is 4. The van der Waals surface area contributed by atoms with E-state index in [-0.39, 0.29) is 0 Å². The summed E-state index contributed by atoms with van der Waals surface area (Å²) >= 11 is 6.27. The summed E-state index contributed by atoms with van der Waals surface area (Å²) in [5, 5.41) is 3.89. The molecular formula is C19H17ClN6. The maximum Gasteiger partial charge on any atom is 0.223 e. The Balaban J connectivity index is 1.58. The lowest BCUT2D eigenvalue weighted by Crippen LogP contribution is -2.30. The summed E-state index contributed by atoms with van der Waals surface area (Å²) in [7, 11) is 0. The van der Waals surface area contributed by atoms with Crippen molar-refractivity contribution in [3.63, 3.8) is 0 Å². The number of fused-ring (bicyclic) bond motifs is 1. The number of halogens is 1. The van der Waals surface area contributed by atoms with Crippen LogP contribution in [0.15, 0.2) is 55.2 Å². The largest absolute Gasteiger partial charge is 0.360 e. The van der Waals surface area contributed by atoms with Crippen molar-refractivity contribution in [1.82, 2.24) is 24.9 Å². The standard InChI is InChI=1S/C19H17ClN6/c1-19(2,17-14(20)4-3-6-22-17)26-18-24-10-13(11-25-18)12-8-16-15(23-9-12)5-7-21-16/h3-11,21H,1-2H3,(H,24,25,26). The molecule has 4 aromatic heterocycles. The number of hydrogen-bond acceptors (Lipinski definition) is 5. The average molecular weight is 365 g/mol. The van der Waals surface area contributed by atoms with Gasteiger partial charge < -0.3 is 10.3 Å². The summed E-state index contributed by atoms with van der Waals surface area (Å²) in [5.41, 5.74) is 4.00. The summed E-state index contributed by atoms with van der Waals surface area (Å²) in [6.07, 6.45) is 8.96. The lowest BCUT2D eigenvalue weighted by atomic mass is 10.00. The quantitative estimate of drug-likeness (QED) is 0.560. The van der Waals surface area contributed by atoms with Crippen molar-refractivity contribution in [3.05, 3.63) is 66.0 Å². The fraction of sp³-hybridized carbons (Fsp3) is 0.158. The van der Waals surface area contributed by atoms with Crippen LogP contribution in [0.1, 0.15) is 19.5 Å². The zero-order chi connectivity index (χ0) is 18.1. The van der Waals surface area contributed by atoms with E-state index in [0.717, 1.165) is 27.9 Å². The van der Waals surface area contributed by atoms with Crippen molar-refractivity contribution in [2.24, 2.45) is 0 Å². The Bertz CT molecular complexity index is 1060. The van der Waals surface area contributed by atoms with Gasteiger partial charge in [-0.3, -0.25) is 9.97 Å². The van der Waals surface area contributed by atoms with Crippen LogP contribution >= 0.6 is 11.6 Å². The van der Waals surface area contributed by atoms with Gasteiger partial charge >= 0.3 is 0 Å². The van der Waals surface area contributed by atoms with Crippen molar-refractivity contribution < 1.29 is 0 Å². The highest BCUT2D eigenvalue weighted by Gasteiger charge is 2.25. The molecule has 0 spiro atoms. The van der Waals surface area contributed by atoms with E-state index in [0.29, 0.717) is 11.0 Å². The van der Waals surface area contributed by atoms with Gasteiger partial charge in [-0.1, -0.05) is 11.6 Å². The molecule has 0 aromatic carbocycles. The molecule has 4 aromatic rings. The van der Waals surface area contributed by atoms with E-state index in [1.54, 1.807) is 18.6 Å². The predicted octanol–water partition coefficient (Wildman–Crippen LogP) is 4.42. The Labute approximate surface area is 155 Å². The van der Waals surface area contributed by atoms with E-state index in [2.05, 4.69) is 30.2 Å². The summed E-state index contributed by atoms with van der Waals surface area (Å²) in [4.78, 5) is 20.8. The van der Waals surface area contributed by atoms with Crippen LogP contribution in [0.4, 0.5) is 5.95 Å². The van der Waals surface area contributed by atoms with E-state index < -0.39 is 5.54 Å². The Morgan fingerprint density at radius 3 is 2.54 bits per heavy atom. The summed E-state index contributed by atoms with van der Waals surface area (Å²) in [6.45, 7) is 3.98. The van der Waals surface area contributed by atoms with Crippen molar-refractivity contribution in [3.8, 4) is 11.1 Å². The van der Waals surface area contributed by atoms with Crippen LogP contribution in [0.25, 0.3) is 22.2 Å². The second kappa shape index (κ2) is 6.38. The van der Waals surface area contributed by atoms with Crippen LogP contribution in [0.3, 0.4) is 0 Å². The molecule has 26 heavy (non-hydrogen) atoms. The second-order valence-electron chi connectivity index (χ2n) is 6.51. The molecule has 0 radical (unpaired) electrons. The maximum absolute atomic E-state index is 6.27. The van der Waals surface area contributed by atoms with Crippen molar-refractivity contribution in [2.45, 2.75) is 19.4 Å². The number of pyridine rings is 2. The van der Waals surface area contributed by atoms with Gasteiger partial charge in [0.2, 0.25) is 5.95 Å². The number of aromatic nitrogens is 5. The van der Waals surface area contributed by atoms with Gasteiger partial charge in [-0.15, -0.1) is 0 Å². The van der Waals surface area contributed by atoms with Gasteiger partial charge in [-0.05, 0) is 38.1 Å². The molecule has 0 amide bonds. The number of nitrogens with zero attached hydrogens (tertiary/aromatic N) is 4. The Hall–Kier alpha value is -2.99. The minimum absolute atomic E-state index is 0.509. The van der Waals surface area contributed by atoms with Crippen LogP contribution in [0.5, 0.6) is 0 Å². The molecule has 0 atom stereocenters. The zero-order valence-electron chi connectivity index (χ0n) is 14.4. The van der Waals surface area contributed by atoms with Crippen molar-refractivity contribution in [1.29, 1.82) is 0 Å². The van der Waals surface area contributed by atoms with E-state index >= 15 is 0 Å². The first-order chi connectivity index (χ1) is 12.5. The first-order valence-electron chi connectivity index (χ1n) is 8.18. The highest BCUT2D eigenvalue weighted by molar-refractivity contribution is 6.31. The predicted molar refractivity (Wildman–Crippen MR) is 103 cm³/mol. The lowest BCUT2D eigenvalue weighted by Gasteiger charge is -2.26. The van der Waals surface area contributed by atoms with Gasteiger partial charge in [0, 0.05) is 42.1 Å². The van der Waals surface area contributed by atoms with E-state index in [9.17, 15) is 0 Å². The zero-order valence-corrected chi connectivity index (χ0v) is 15.1. The number of nitrogens with one attached hydrogen (secondary N) is 2. The third kappa shape index (κ3) is 3.11. The van der Waals surface area contributed by atoms with Crippen molar-refractivity contribution >= 4 is 28.6 Å². The molecule has 0 fully saturated rings. The smallest absolute Gasteiger partial charge is 0.223 e. The molecular weight excluding hydrogens is 348 g/mol. The average Bonchev–Trinajstić information content (AvgIpc) is 3.10. The molecule has 2 N–H and O–H groups in total. The molecule has 0 saturated heterocycles. The lowest BCUT2D eigenvalue weighted by molar-refractivity contribution is 0.581. The topological polar surface area (TPSA) is 79.4 Å². The number of anilines is 1. The number of aromatic amines is 1. The van der Waals surface area contributed by atoms with Gasteiger partial charge in [-0.2, -0.15) is 0 Å². The second-order valence-corrected chi connectivity index (χ2v) is 6.92. The first-order valence-corrected chi connectivity index (χ1v) is 8.55. The van der Waals surface area contributed by atoms with E-state index in [1.165, 1.54) is 0 Å². The fourth-order valence-corrected chi connectivity index (χ4v) is 3.18. The molecule has 0 aliphatic heterocycles. The molecule has 4 heterocycles. The molecule has 0 unspecified atom stereocenters. The molecule has 7 heteroatoms. The molecule has 4 rings (SSSR count). The van der Waals surface area contributed by atoms with Crippen LogP contribution in [0, 0.1) is 0 Å². The Morgan fingerprint density at radius 2 is 1.77 bits per heavy atom. The van der Waals surface area contributed by atoms with Gasteiger partial charge in [0.15, 0.2) is 0 Å². The minimum Gasteiger partial charge on any atom is -0.360 e. The van der Waals surface area contributed by atoms with Gasteiger partial charge in [0.1, 0.15) is 0 Å². The molecule has 0 aliphatic carbocycles. The molecule has 0 bridgehead atoms. The fourth-order valence-electron chi connectivity index (χ4n) is 2.82. The first kappa shape index (κ1) is 16.5. The Morgan fingerprint density at radius 1 is 1.00 bits per heavy atom. The van der Waals surface area contributed by atoms with Crippen LogP contribution < -0.4 is 5.32 Å². The number of hydrogen-bond donors (Lipinski definition) is 2. The maximum atomic E-state index is 6.27. The van der Waals surface area contributed by atoms with E-state index in [1.807, 2.05) is 50.5 Å². The summed E-state index contributed by atoms with van der Waals surface area (Å²) in [6, 6.07) is 7.60. The van der Waals surface area contributed by atoms with Crippen LogP contribution in [0.2, 0.25) is 5.02 Å². The third-order valence-electron chi connectivity index (χ3n) is 4.16. The summed E-state index contributed by atoms with van der Waals surface area (Å²) in [5.74, 6) is 0.509. The van der Waals surface area contributed by atoms with Gasteiger partial charge in [-0.25, -0.2) is 9.97 Å². The molecule has 6 nitrogen and oxygen atoms in total. The molecule has 130 valence electrons. The summed E-state index contributed by atoms with van der Waals surface area (Å²) < 4.78 is 0. The van der Waals surface area contributed by atoms with Crippen LogP contribution in [-0.2, 0) is 5.54 Å². The van der Waals surface area contributed by atoms with Crippen molar-refractivity contribution in [2.75, 3.05) is 5.32 Å². The Kier molecular flexibility index (Phi) is 4.05. The van der Waals surface area contributed by atoms with E-state index in [4.69, 9.17) is 11.6 Å². The van der Waals surface area contributed by atoms with Gasteiger partial charge in [0.25, 0.3) is 0 Å². The molecule has 0 aliphatic rings. The van der Waals surface area contributed by atoms with Crippen LogP contribution in [-0.4, -0.2) is 24.9 Å². The van der Waals surface area contributed by atoms with Gasteiger partial charge in [0.05, 0.1) is 27.3 Å². The monoisotopic (exact) mass is 364 g/mol. The minimum atomic E-state index is -0.509. The highest BCUT2D eigenvalue weighted by atomic mass is 35.5. The highest BCUT2D eigenvalue weighted by Crippen LogP contribution is 2.28.